The van der Waals surface area contributed by atoms with Crippen LogP contribution in [0.5, 0.6) is 0 Å². The van der Waals surface area contributed by atoms with Crippen LogP contribution in [0.2, 0.25) is 5.02 Å². The molecule has 1 rings (SSSR count). The topological polar surface area (TPSA) is 22.0 Å². The van der Waals surface area contributed by atoms with E-state index in [1.165, 1.54) is 0 Å². The van der Waals surface area contributed by atoms with Crippen molar-refractivity contribution < 1.29 is 0 Å². The Hall–Kier alpha value is -0.0300. The first kappa shape index (κ1) is 12.0. The largest absolute Gasteiger partial charge is 0.312 e. The standard InChI is InChI=1S/C10H13ClINO/c1-6(2)5-13-7(3)4-8(11)9(12)10(13)14/h4,6H,5H2,1-3H3. The molecular formula is C10H13ClINO. The van der Waals surface area contributed by atoms with Crippen molar-refractivity contribution in [2.45, 2.75) is 27.3 Å². The molecule has 0 atom stereocenters. The molecule has 0 unspecified atom stereocenters. The summed E-state index contributed by atoms with van der Waals surface area (Å²) in [6, 6.07) is 1.84. The Kier molecular flexibility index (Phi) is 4.01. The molecule has 0 radical (unpaired) electrons. The highest BCUT2D eigenvalue weighted by Gasteiger charge is 2.09. The lowest BCUT2D eigenvalue weighted by Crippen LogP contribution is -2.26. The molecule has 2 nitrogen and oxygen atoms in total. The molecule has 0 aliphatic heterocycles. The van der Waals surface area contributed by atoms with Gasteiger partial charge >= 0.3 is 0 Å². The van der Waals surface area contributed by atoms with Gasteiger partial charge in [-0.2, -0.15) is 0 Å². The van der Waals surface area contributed by atoms with Crippen LogP contribution in [0.15, 0.2) is 10.9 Å². The van der Waals surface area contributed by atoms with Crippen molar-refractivity contribution in [3.63, 3.8) is 0 Å². The van der Waals surface area contributed by atoms with Gasteiger partial charge in [0.1, 0.15) is 0 Å². The number of nitrogens with zero attached hydrogens (tertiary/aromatic N) is 1. The zero-order valence-corrected chi connectivity index (χ0v) is 11.4. The van der Waals surface area contributed by atoms with Crippen LogP contribution >= 0.6 is 34.2 Å². The third-order valence-corrected chi connectivity index (χ3v) is 3.61. The second-order valence-corrected chi connectivity index (χ2v) is 5.24. The summed E-state index contributed by atoms with van der Waals surface area (Å²) in [5, 5.41) is 0.549. The van der Waals surface area contributed by atoms with Crippen molar-refractivity contribution in [1.29, 1.82) is 0 Å². The average molecular weight is 326 g/mol. The minimum atomic E-state index is 0.0179. The van der Waals surface area contributed by atoms with E-state index < -0.39 is 0 Å². The first-order valence-electron chi connectivity index (χ1n) is 4.49. The second kappa shape index (κ2) is 4.66. The molecule has 0 aliphatic carbocycles. The smallest absolute Gasteiger partial charge is 0.265 e. The SMILES string of the molecule is Cc1cc(Cl)c(I)c(=O)n1CC(C)C. The summed E-state index contributed by atoms with van der Waals surface area (Å²) in [6.45, 7) is 6.84. The molecule has 1 aromatic rings. The van der Waals surface area contributed by atoms with Gasteiger partial charge in [0.25, 0.3) is 5.56 Å². The Labute approximate surface area is 102 Å². The molecule has 4 heteroatoms. The number of rotatable bonds is 2. The maximum Gasteiger partial charge on any atom is 0.265 e. The van der Waals surface area contributed by atoms with Crippen molar-refractivity contribution in [2.24, 2.45) is 5.92 Å². The molecule has 0 spiro atoms. The summed E-state index contributed by atoms with van der Waals surface area (Å²) in [4.78, 5) is 11.8. The van der Waals surface area contributed by atoms with E-state index in [0.29, 0.717) is 14.5 Å². The van der Waals surface area contributed by atoms with Gasteiger partial charge in [-0.1, -0.05) is 25.4 Å². The van der Waals surface area contributed by atoms with E-state index in [4.69, 9.17) is 11.6 Å². The number of hydrogen-bond acceptors (Lipinski definition) is 1. The number of hydrogen-bond donors (Lipinski definition) is 0. The van der Waals surface area contributed by atoms with E-state index in [-0.39, 0.29) is 5.56 Å². The zero-order valence-electron chi connectivity index (χ0n) is 8.47. The van der Waals surface area contributed by atoms with Crippen LogP contribution in [-0.4, -0.2) is 4.57 Å². The van der Waals surface area contributed by atoms with Crippen LogP contribution in [0.4, 0.5) is 0 Å². The molecule has 0 amide bonds. The second-order valence-electron chi connectivity index (χ2n) is 3.76. The molecule has 0 saturated heterocycles. The quantitative estimate of drug-likeness (QED) is 0.766. The number of pyridine rings is 1. The summed E-state index contributed by atoms with van der Waals surface area (Å²) in [5.74, 6) is 0.461. The number of halogens is 2. The molecule has 0 aliphatic rings. The van der Waals surface area contributed by atoms with Gasteiger partial charge in [-0.05, 0) is 41.5 Å². The first-order chi connectivity index (χ1) is 6.43. The van der Waals surface area contributed by atoms with Gasteiger partial charge < -0.3 is 4.57 Å². The van der Waals surface area contributed by atoms with Crippen LogP contribution in [-0.2, 0) is 6.54 Å². The lowest BCUT2D eigenvalue weighted by atomic mass is 10.2. The lowest BCUT2D eigenvalue weighted by molar-refractivity contribution is 0.501. The molecule has 0 N–H and O–H groups in total. The molecular weight excluding hydrogens is 312 g/mol. The van der Waals surface area contributed by atoms with Gasteiger partial charge in [0, 0.05) is 12.2 Å². The monoisotopic (exact) mass is 325 g/mol. The number of aryl methyl sites for hydroxylation is 1. The molecule has 14 heavy (non-hydrogen) atoms. The Bertz CT molecular complexity index is 398. The van der Waals surface area contributed by atoms with Crippen LogP contribution in [0.25, 0.3) is 0 Å². The maximum absolute atomic E-state index is 11.8. The molecule has 0 saturated carbocycles. The molecule has 0 fully saturated rings. The first-order valence-corrected chi connectivity index (χ1v) is 5.94. The predicted molar refractivity (Wildman–Crippen MR) is 68.0 cm³/mol. The van der Waals surface area contributed by atoms with Gasteiger partial charge in [0.05, 0.1) is 8.59 Å². The average Bonchev–Trinajstić information content (AvgIpc) is 2.09. The highest BCUT2D eigenvalue weighted by atomic mass is 127. The third-order valence-electron chi connectivity index (χ3n) is 1.95. The third kappa shape index (κ3) is 2.51. The summed E-state index contributed by atoms with van der Waals surface area (Å²) >= 11 is 7.90. The van der Waals surface area contributed by atoms with Crippen LogP contribution in [0.3, 0.4) is 0 Å². The van der Waals surface area contributed by atoms with E-state index in [1.54, 1.807) is 4.57 Å². The van der Waals surface area contributed by atoms with Gasteiger partial charge in [-0.15, -0.1) is 0 Å². The summed E-state index contributed by atoms with van der Waals surface area (Å²) in [7, 11) is 0. The fourth-order valence-corrected chi connectivity index (χ4v) is 1.98. The Morgan fingerprint density at radius 3 is 2.64 bits per heavy atom. The highest BCUT2D eigenvalue weighted by molar-refractivity contribution is 14.1. The minimum Gasteiger partial charge on any atom is -0.312 e. The molecule has 0 aromatic carbocycles. The van der Waals surface area contributed by atoms with Crippen molar-refractivity contribution in [3.8, 4) is 0 Å². The van der Waals surface area contributed by atoms with Gasteiger partial charge in [0.2, 0.25) is 0 Å². The van der Waals surface area contributed by atoms with Crippen molar-refractivity contribution >= 4 is 34.2 Å². The lowest BCUT2D eigenvalue weighted by Gasteiger charge is -2.13. The Balaban J connectivity index is 3.30. The molecule has 78 valence electrons. The molecule has 0 bridgehead atoms. The Morgan fingerprint density at radius 2 is 2.14 bits per heavy atom. The van der Waals surface area contributed by atoms with Crippen LogP contribution in [0, 0.1) is 16.4 Å². The molecule has 1 heterocycles. The van der Waals surface area contributed by atoms with Crippen LogP contribution in [0.1, 0.15) is 19.5 Å². The van der Waals surface area contributed by atoms with E-state index in [1.807, 2.05) is 35.6 Å². The van der Waals surface area contributed by atoms with Gasteiger partial charge in [-0.3, -0.25) is 4.79 Å². The number of aromatic nitrogens is 1. The molecule has 1 aromatic heterocycles. The maximum atomic E-state index is 11.8. The minimum absolute atomic E-state index is 0.0179. The fraction of sp³-hybridized carbons (Fsp3) is 0.500. The van der Waals surface area contributed by atoms with Gasteiger partial charge in [-0.25, -0.2) is 0 Å². The van der Waals surface area contributed by atoms with Crippen molar-refractivity contribution in [3.05, 3.63) is 30.7 Å². The van der Waals surface area contributed by atoms with Crippen molar-refractivity contribution in [2.75, 3.05) is 0 Å². The Morgan fingerprint density at radius 1 is 1.57 bits per heavy atom. The normalized spacial score (nSPS) is 11.0. The predicted octanol–water partition coefficient (Wildman–Crippen LogP) is 3.07. The fourth-order valence-electron chi connectivity index (χ4n) is 1.30. The summed E-state index contributed by atoms with van der Waals surface area (Å²) in [6.07, 6.45) is 0. The summed E-state index contributed by atoms with van der Waals surface area (Å²) in [5.41, 5.74) is 0.943. The zero-order chi connectivity index (χ0) is 10.9. The van der Waals surface area contributed by atoms with E-state index in [0.717, 1.165) is 12.2 Å². The van der Waals surface area contributed by atoms with Gasteiger partial charge in [0.15, 0.2) is 0 Å². The summed E-state index contributed by atoms with van der Waals surface area (Å²) < 4.78 is 2.38. The van der Waals surface area contributed by atoms with Crippen LogP contribution < -0.4 is 5.56 Å². The highest BCUT2D eigenvalue weighted by Crippen LogP contribution is 2.16. The van der Waals surface area contributed by atoms with E-state index in [9.17, 15) is 4.79 Å². The van der Waals surface area contributed by atoms with Crippen molar-refractivity contribution in [1.82, 2.24) is 4.57 Å². The van der Waals surface area contributed by atoms with E-state index in [2.05, 4.69) is 13.8 Å². The van der Waals surface area contributed by atoms with E-state index >= 15 is 0 Å².